The second-order valence-electron chi connectivity index (χ2n) is 4.72. The third kappa shape index (κ3) is 2.86. The number of benzene rings is 1. The van der Waals surface area contributed by atoms with Crippen LogP contribution in [0.2, 0.25) is 0 Å². The molecule has 1 aromatic rings. The first-order valence-electron chi connectivity index (χ1n) is 6.52. The highest BCUT2D eigenvalue weighted by Gasteiger charge is 2.36. The molecule has 0 aromatic heterocycles. The van der Waals surface area contributed by atoms with Crippen molar-refractivity contribution < 1.29 is 9.59 Å². The SMILES string of the molecule is CCCN1C(=O)N(C)NC(=O)[C@@H]1Cc1ccccc1. The van der Waals surface area contributed by atoms with Crippen LogP contribution >= 0.6 is 0 Å². The summed E-state index contributed by atoms with van der Waals surface area (Å²) in [4.78, 5) is 25.8. The van der Waals surface area contributed by atoms with Crippen LogP contribution in [0.4, 0.5) is 4.79 Å². The molecule has 1 atom stereocenters. The van der Waals surface area contributed by atoms with Crippen molar-refractivity contribution in [2.75, 3.05) is 13.6 Å². The molecule has 0 bridgehead atoms. The van der Waals surface area contributed by atoms with E-state index in [1.165, 1.54) is 5.01 Å². The first-order valence-corrected chi connectivity index (χ1v) is 6.52. The summed E-state index contributed by atoms with van der Waals surface area (Å²) in [7, 11) is 1.57. The number of carbonyl (C=O) groups is 2. The van der Waals surface area contributed by atoms with Crippen molar-refractivity contribution in [3.63, 3.8) is 0 Å². The van der Waals surface area contributed by atoms with Gasteiger partial charge in [-0.15, -0.1) is 0 Å². The van der Waals surface area contributed by atoms with Gasteiger partial charge < -0.3 is 4.90 Å². The fraction of sp³-hybridized carbons (Fsp3) is 0.429. The molecule has 0 radical (unpaired) electrons. The molecule has 1 saturated heterocycles. The fourth-order valence-electron chi connectivity index (χ4n) is 2.29. The highest BCUT2D eigenvalue weighted by Crippen LogP contribution is 2.15. The molecule has 0 aliphatic carbocycles. The smallest absolute Gasteiger partial charge is 0.311 e. The van der Waals surface area contributed by atoms with Gasteiger partial charge in [-0.25, -0.2) is 9.80 Å². The molecule has 1 aliphatic rings. The van der Waals surface area contributed by atoms with Gasteiger partial charge in [0.2, 0.25) is 0 Å². The van der Waals surface area contributed by atoms with Gasteiger partial charge in [0, 0.05) is 20.0 Å². The topological polar surface area (TPSA) is 52.7 Å². The van der Waals surface area contributed by atoms with Crippen molar-refractivity contribution >= 4 is 11.9 Å². The van der Waals surface area contributed by atoms with Gasteiger partial charge in [0.15, 0.2) is 0 Å². The van der Waals surface area contributed by atoms with Gasteiger partial charge in [0.25, 0.3) is 5.91 Å². The predicted molar refractivity (Wildman–Crippen MR) is 72.2 cm³/mol. The predicted octanol–water partition coefficient (Wildman–Crippen LogP) is 1.41. The Morgan fingerprint density at radius 1 is 1.21 bits per heavy atom. The fourth-order valence-corrected chi connectivity index (χ4v) is 2.29. The van der Waals surface area contributed by atoms with Gasteiger partial charge in [0.1, 0.15) is 6.04 Å². The average molecular weight is 261 g/mol. The first kappa shape index (κ1) is 13.4. The van der Waals surface area contributed by atoms with Crippen molar-refractivity contribution in [3.05, 3.63) is 35.9 Å². The normalized spacial score (nSPS) is 19.6. The van der Waals surface area contributed by atoms with Gasteiger partial charge in [-0.2, -0.15) is 0 Å². The van der Waals surface area contributed by atoms with Gasteiger partial charge >= 0.3 is 6.03 Å². The Balaban J connectivity index is 2.19. The molecule has 1 fully saturated rings. The third-order valence-corrected chi connectivity index (χ3v) is 3.23. The number of hydrazine groups is 1. The minimum absolute atomic E-state index is 0.126. The first-order chi connectivity index (χ1) is 9.13. The molecular weight excluding hydrogens is 242 g/mol. The zero-order chi connectivity index (χ0) is 13.8. The summed E-state index contributed by atoms with van der Waals surface area (Å²) >= 11 is 0. The maximum Gasteiger partial charge on any atom is 0.339 e. The van der Waals surface area contributed by atoms with E-state index >= 15 is 0 Å². The van der Waals surface area contributed by atoms with E-state index in [0.717, 1.165) is 12.0 Å². The van der Waals surface area contributed by atoms with Crippen LogP contribution in [0.25, 0.3) is 0 Å². The lowest BCUT2D eigenvalue weighted by molar-refractivity contribution is -0.132. The molecule has 3 amide bonds. The lowest BCUT2D eigenvalue weighted by atomic mass is 10.0. The Labute approximate surface area is 113 Å². The summed E-state index contributed by atoms with van der Waals surface area (Å²) in [6, 6.07) is 9.18. The Morgan fingerprint density at radius 3 is 2.53 bits per heavy atom. The van der Waals surface area contributed by atoms with Crippen LogP contribution in [-0.2, 0) is 11.2 Å². The van der Waals surface area contributed by atoms with Crippen LogP contribution in [0.3, 0.4) is 0 Å². The minimum Gasteiger partial charge on any atom is -0.311 e. The minimum atomic E-state index is -0.425. The Kier molecular flexibility index (Phi) is 4.04. The van der Waals surface area contributed by atoms with Crippen LogP contribution in [0, 0.1) is 0 Å². The summed E-state index contributed by atoms with van der Waals surface area (Å²) in [5, 5.41) is 1.25. The van der Waals surface area contributed by atoms with Crippen LogP contribution in [-0.4, -0.2) is 41.5 Å². The number of nitrogens with zero attached hydrogens (tertiary/aromatic N) is 2. The molecule has 1 N–H and O–H groups in total. The summed E-state index contributed by atoms with van der Waals surface area (Å²) in [5.41, 5.74) is 3.65. The molecule has 5 nitrogen and oxygen atoms in total. The van der Waals surface area contributed by atoms with Crippen molar-refractivity contribution in [1.29, 1.82) is 0 Å². The van der Waals surface area contributed by atoms with Gasteiger partial charge in [0.05, 0.1) is 0 Å². The molecule has 0 unspecified atom stereocenters. The number of nitrogens with one attached hydrogen (secondary N) is 1. The monoisotopic (exact) mass is 261 g/mol. The van der Waals surface area contributed by atoms with E-state index in [4.69, 9.17) is 0 Å². The second-order valence-corrected chi connectivity index (χ2v) is 4.72. The second kappa shape index (κ2) is 5.73. The number of rotatable bonds is 4. The quantitative estimate of drug-likeness (QED) is 0.891. The molecule has 1 heterocycles. The number of carbonyl (C=O) groups excluding carboxylic acids is 2. The molecular formula is C14H19N3O2. The molecule has 19 heavy (non-hydrogen) atoms. The zero-order valence-electron chi connectivity index (χ0n) is 11.3. The standard InChI is InChI=1S/C14H19N3O2/c1-3-9-17-12(10-11-7-5-4-6-8-11)13(18)15-16(2)14(17)19/h4-8,12H,3,9-10H2,1-2H3,(H,15,18)/t12-/m0/s1. The van der Waals surface area contributed by atoms with Crippen molar-refractivity contribution in [2.45, 2.75) is 25.8 Å². The van der Waals surface area contributed by atoms with E-state index in [1.54, 1.807) is 11.9 Å². The molecule has 5 heteroatoms. The van der Waals surface area contributed by atoms with E-state index in [-0.39, 0.29) is 11.9 Å². The lowest BCUT2D eigenvalue weighted by Crippen LogP contribution is -2.64. The van der Waals surface area contributed by atoms with Crippen molar-refractivity contribution in [2.24, 2.45) is 0 Å². The summed E-state index contributed by atoms with van der Waals surface area (Å²) in [5.74, 6) is -0.126. The summed E-state index contributed by atoms with van der Waals surface area (Å²) in [6.07, 6.45) is 1.38. The molecule has 1 aliphatic heterocycles. The lowest BCUT2D eigenvalue weighted by Gasteiger charge is -2.39. The summed E-state index contributed by atoms with van der Waals surface area (Å²) in [6.45, 7) is 2.59. The van der Waals surface area contributed by atoms with Gasteiger partial charge in [-0.05, 0) is 12.0 Å². The summed E-state index contributed by atoms with van der Waals surface area (Å²) < 4.78 is 0. The van der Waals surface area contributed by atoms with Crippen molar-refractivity contribution in [1.82, 2.24) is 15.3 Å². The average Bonchev–Trinajstić information content (AvgIpc) is 2.41. The van der Waals surface area contributed by atoms with Gasteiger partial charge in [-0.1, -0.05) is 37.3 Å². The highest BCUT2D eigenvalue weighted by atomic mass is 16.2. The maximum atomic E-state index is 12.1. The van der Waals surface area contributed by atoms with Crippen LogP contribution in [0.15, 0.2) is 30.3 Å². The Bertz CT molecular complexity index is 461. The van der Waals surface area contributed by atoms with Crippen LogP contribution < -0.4 is 5.43 Å². The van der Waals surface area contributed by atoms with E-state index < -0.39 is 6.04 Å². The Morgan fingerprint density at radius 2 is 1.89 bits per heavy atom. The molecule has 0 saturated carbocycles. The van der Waals surface area contributed by atoms with E-state index in [2.05, 4.69) is 5.43 Å². The Hall–Kier alpha value is -2.04. The number of hydrogen-bond acceptors (Lipinski definition) is 2. The van der Waals surface area contributed by atoms with Crippen LogP contribution in [0.1, 0.15) is 18.9 Å². The number of hydrogen-bond donors (Lipinski definition) is 1. The van der Waals surface area contributed by atoms with Crippen molar-refractivity contribution in [3.8, 4) is 0 Å². The molecule has 2 rings (SSSR count). The highest BCUT2D eigenvalue weighted by molar-refractivity contribution is 5.92. The van der Waals surface area contributed by atoms with E-state index in [1.807, 2.05) is 37.3 Å². The molecule has 1 aromatic carbocycles. The van der Waals surface area contributed by atoms with Gasteiger partial charge in [-0.3, -0.25) is 10.2 Å². The third-order valence-electron chi connectivity index (χ3n) is 3.23. The number of urea groups is 1. The van der Waals surface area contributed by atoms with E-state index in [0.29, 0.717) is 13.0 Å². The largest absolute Gasteiger partial charge is 0.339 e. The maximum absolute atomic E-state index is 12.1. The van der Waals surface area contributed by atoms with E-state index in [9.17, 15) is 9.59 Å². The zero-order valence-corrected chi connectivity index (χ0v) is 11.3. The molecule has 102 valence electrons. The number of amides is 3. The molecule has 0 spiro atoms. The van der Waals surface area contributed by atoms with Crippen LogP contribution in [0.5, 0.6) is 0 Å².